The van der Waals surface area contributed by atoms with E-state index in [0.29, 0.717) is 11.4 Å². The lowest BCUT2D eigenvalue weighted by Gasteiger charge is -2.02. The van der Waals surface area contributed by atoms with Crippen molar-refractivity contribution in [2.24, 2.45) is 21.0 Å². The van der Waals surface area contributed by atoms with Crippen LogP contribution >= 0.6 is 0 Å². The summed E-state index contributed by atoms with van der Waals surface area (Å²) in [7, 11) is 0. The summed E-state index contributed by atoms with van der Waals surface area (Å²) < 4.78 is 0. The molecule has 6 heteroatoms. The topological polar surface area (TPSA) is 92.2 Å². The first-order valence-electron chi connectivity index (χ1n) is 4.71. The van der Waals surface area contributed by atoms with Crippen molar-refractivity contribution in [3.05, 3.63) is 42.2 Å². The standard InChI is InChI=1S/C10H10N5O/c11-10-13-8(14-15-10)6-12-9(16)7-4-2-1-3-5-7/h1-5H,6,11H2,(H,12,16). The average molecular weight is 216 g/mol. The van der Waals surface area contributed by atoms with E-state index >= 15 is 0 Å². The molecular weight excluding hydrogens is 206 g/mol. The van der Waals surface area contributed by atoms with Gasteiger partial charge in [-0.15, -0.1) is 10.2 Å². The molecule has 0 saturated carbocycles. The molecule has 0 aromatic heterocycles. The predicted molar refractivity (Wildman–Crippen MR) is 58.5 cm³/mol. The second-order valence-electron chi connectivity index (χ2n) is 3.13. The molecule has 0 fully saturated rings. The minimum absolute atomic E-state index is 0.115. The van der Waals surface area contributed by atoms with Crippen LogP contribution < -0.4 is 11.1 Å². The van der Waals surface area contributed by atoms with Gasteiger partial charge < -0.3 is 5.32 Å². The number of hydrogen-bond donors (Lipinski definition) is 2. The molecule has 6 nitrogen and oxygen atoms in total. The van der Waals surface area contributed by atoms with Crippen LogP contribution in [0, 0.1) is 6.29 Å². The SMILES string of the molecule is N[C]1N=NC(CNC(=O)c2ccccc2)=N1. The fraction of sp³-hybridized carbons (Fsp3) is 0.100. The Hall–Kier alpha value is -2.08. The molecule has 0 atom stereocenters. The van der Waals surface area contributed by atoms with Gasteiger partial charge in [-0.25, -0.2) is 4.99 Å². The molecule has 1 aliphatic heterocycles. The number of amides is 1. The van der Waals surface area contributed by atoms with Crippen LogP contribution in [0.1, 0.15) is 10.4 Å². The molecule has 81 valence electrons. The first-order chi connectivity index (χ1) is 7.75. The van der Waals surface area contributed by atoms with Crippen molar-refractivity contribution in [1.82, 2.24) is 5.32 Å². The third-order valence-corrected chi connectivity index (χ3v) is 1.95. The van der Waals surface area contributed by atoms with E-state index in [-0.39, 0.29) is 18.7 Å². The van der Waals surface area contributed by atoms with Crippen LogP contribution in [0.4, 0.5) is 0 Å². The smallest absolute Gasteiger partial charge is 0.285 e. The fourth-order valence-electron chi connectivity index (χ4n) is 1.21. The molecule has 0 bridgehead atoms. The van der Waals surface area contributed by atoms with Gasteiger partial charge in [0.05, 0.1) is 6.54 Å². The molecule has 1 aliphatic rings. The average Bonchev–Trinajstić information content (AvgIpc) is 2.73. The summed E-state index contributed by atoms with van der Waals surface area (Å²) in [5, 5.41) is 9.88. The number of benzene rings is 1. The Morgan fingerprint density at radius 1 is 1.25 bits per heavy atom. The van der Waals surface area contributed by atoms with E-state index in [1.54, 1.807) is 24.3 Å². The quantitative estimate of drug-likeness (QED) is 0.777. The first kappa shape index (κ1) is 10.4. The third-order valence-electron chi connectivity index (χ3n) is 1.95. The molecular formula is C10H10N5O. The van der Waals surface area contributed by atoms with Gasteiger partial charge in [-0.2, -0.15) is 0 Å². The maximum atomic E-state index is 11.6. The zero-order chi connectivity index (χ0) is 11.4. The second-order valence-corrected chi connectivity index (χ2v) is 3.13. The fourth-order valence-corrected chi connectivity index (χ4v) is 1.21. The number of nitrogens with zero attached hydrogens (tertiary/aromatic N) is 3. The van der Waals surface area contributed by atoms with Crippen molar-refractivity contribution < 1.29 is 4.79 Å². The van der Waals surface area contributed by atoms with Crippen molar-refractivity contribution in [2.45, 2.75) is 0 Å². The molecule has 2 rings (SSSR count). The monoisotopic (exact) mass is 216 g/mol. The molecule has 16 heavy (non-hydrogen) atoms. The minimum Gasteiger partial charge on any atom is -0.345 e. The number of carbonyl (C=O) groups excluding carboxylic acids is 1. The summed E-state index contributed by atoms with van der Waals surface area (Å²) in [6.07, 6.45) is 0.115. The van der Waals surface area contributed by atoms with E-state index in [9.17, 15) is 4.79 Å². The maximum Gasteiger partial charge on any atom is 0.285 e. The van der Waals surface area contributed by atoms with Crippen LogP contribution in [-0.2, 0) is 0 Å². The Morgan fingerprint density at radius 3 is 2.62 bits per heavy atom. The van der Waals surface area contributed by atoms with E-state index in [1.807, 2.05) is 6.07 Å². The zero-order valence-corrected chi connectivity index (χ0v) is 8.42. The molecule has 1 amide bonds. The number of rotatable bonds is 3. The highest BCUT2D eigenvalue weighted by Crippen LogP contribution is 2.05. The van der Waals surface area contributed by atoms with Gasteiger partial charge in [0.2, 0.25) is 0 Å². The Balaban J connectivity index is 1.90. The molecule has 0 aliphatic carbocycles. The van der Waals surface area contributed by atoms with E-state index in [1.165, 1.54) is 0 Å². The van der Waals surface area contributed by atoms with Gasteiger partial charge in [-0.1, -0.05) is 18.2 Å². The summed E-state index contributed by atoms with van der Waals surface area (Å²) in [4.78, 5) is 15.4. The van der Waals surface area contributed by atoms with Crippen LogP contribution in [-0.4, -0.2) is 18.3 Å². The third kappa shape index (κ3) is 2.48. The number of hydrogen-bond acceptors (Lipinski definition) is 5. The normalized spacial score (nSPS) is 14.9. The lowest BCUT2D eigenvalue weighted by Crippen LogP contribution is -2.28. The number of nitrogens with one attached hydrogen (secondary N) is 1. The molecule has 3 N–H and O–H groups in total. The number of amidine groups is 1. The lowest BCUT2D eigenvalue weighted by molar-refractivity contribution is 0.0959. The molecule has 0 saturated heterocycles. The Labute approximate surface area is 92.3 Å². The zero-order valence-electron chi connectivity index (χ0n) is 8.42. The molecule has 0 spiro atoms. The highest BCUT2D eigenvalue weighted by Gasteiger charge is 2.12. The highest BCUT2D eigenvalue weighted by molar-refractivity contribution is 5.97. The van der Waals surface area contributed by atoms with Crippen molar-refractivity contribution in [3.63, 3.8) is 0 Å². The summed E-state index contributed by atoms with van der Waals surface area (Å²) in [5.74, 6) is 0.228. The van der Waals surface area contributed by atoms with Gasteiger partial charge in [-0.3, -0.25) is 10.5 Å². The van der Waals surface area contributed by atoms with Gasteiger partial charge in [0.15, 0.2) is 5.84 Å². The molecule has 1 aromatic carbocycles. The first-order valence-corrected chi connectivity index (χ1v) is 4.71. The largest absolute Gasteiger partial charge is 0.345 e. The van der Waals surface area contributed by atoms with Crippen molar-refractivity contribution in [3.8, 4) is 0 Å². The summed E-state index contributed by atoms with van der Waals surface area (Å²) >= 11 is 0. The van der Waals surface area contributed by atoms with Gasteiger partial charge in [0.1, 0.15) is 0 Å². The Kier molecular flexibility index (Phi) is 3.02. The molecule has 1 heterocycles. The van der Waals surface area contributed by atoms with Crippen LogP contribution in [0.5, 0.6) is 0 Å². The van der Waals surface area contributed by atoms with E-state index in [4.69, 9.17) is 5.73 Å². The summed E-state index contributed by atoms with van der Waals surface area (Å²) in [6.45, 7) is 0.220. The van der Waals surface area contributed by atoms with E-state index in [0.717, 1.165) is 0 Å². The van der Waals surface area contributed by atoms with Crippen molar-refractivity contribution >= 4 is 11.7 Å². The summed E-state index contributed by atoms with van der Waals surface area (Å²) in [6, 6.07) is 8.91. The van der Waals surface area contributed by atoms with Crippen molar-refractivity contribution in [1.29, 1.82) is 0 Å². The summed E-state index contributed by atoms with van der Waals surface area (Å²) in [5.41, 5.74) is 5.89. The van der Waals surface area contributed by atoms with Gasteiger partial charge in [0, 0.05) is 5.56 Å². The van der Waals surface area contributed by atoms with Crippen LogP contribution in [0.2, 0.25) is 0 Å². The Bertz CT molecular complexity index is 440. The van der Waals surface area contributed by atoms with E-state index < -0.39 is 0 Å². The van der Waals surface area contributed by atoms with Crippen LogP contribution in [0.15, 0.2) is 45.6 Å². The number of carbonyl (C=O) groups is 1. The van der Waals surface area contributed by atoms with E-state index in [2.05, 4.69) is 20.5 Å². The second kappa shape index (κ2) is 4.63. The lowest BCUT2D eigenvalue weighted by atomic mass is 10.2. The van der Waals surface area contributed by atoms with Gasteiger partial charge >= 0.3 is 0 Å². The van der Waals surface area contributed by atoms with Crippen LogP contribution in [0.3, 0.4) is 0 Å². The number of azo groups is 1. The van der Waals surface area contributed by atoms with Crippen LogP contribution in [0.25, 0.3) is 0 Å². The highest BCUT2D eigenvalue weighted by atomic mass is 16.1. The van der Waals surface area contributed by atoms with Gasteiger partial charge in [0.25, 0.3) is 12.2 Å². The molecule has 1 radical (unpaired) electrons. The number of aliphatic imine (C=N–C) groups is 1. The molecule has 0 unspecified atom stereocenters. The molecule has 1 aromatic rings. The Morgan fingerprint density at radius 2 is 2.00 bits per heavy atom. The van der Waals surface area contributed by atoms with Crippen molar-refractivity contribution in [2.75, 3.05) is 6.54 Å². The predicted octanol–water partition coefficient (Wildman–Crippen LogP) is 0.686. The maximum absolute atomic E-state index is 11.6. The van der Waals surface area contributed by atoms with Gasteiger partial charge in [-0.05, 0) is 12.1 Å². The number of nitrogens with two attached hydrogens (primary N) is 1. The minimum atomic E-state index is -0.177.